The molecule has 0 aliphatic carbocycles. The predicted octanol–water partition coefficient (Wildman–Crippen LogP) is 1.17. The van der Waals surface area contributed by atoms with Gasteiger partial charge in [0.1, 0.15) is 6.04 Å². The van der Waals surface area contributed by atoms with Crippen molar-refractivity contribution in [2.24, 2.45) is 11.8 Å². The van der Waals surface area contributed by atoms with Gasteiger partial charge in [0.25, 0.3) is 0 Å². The number of carbonyl (C=O) groups is 3. The van der Waals surface area contributed by atoms with Crippen molar-refractivity contribution < 1.29 is 24.2 Å². The van der Waals surface area contributed by atoms with Crippen molar-refractivity contribution in [2.45, 2.75) is 59.0 Å². The van der Waals surface area contributed by atoms with E-state index in [4.69, 9.17) is 5.11 Å². The Morgan fingerprint density at radius 3 is 2.26 bits per heavy atom. The van der Waals surface area contributed by atoms with Crippen LogP contribution in [-0.2, 0) is 19.1 Å². The van der Waals surface area contributed by atoms with E-state index in [1.165, 1.54) is 14.0 Å². The maximum atomic E-state index is 11.0. The van der Waals surface area contributed by atoms with Gasteiger partial charge in [0.05, 0.1) is 13.0 Å². The van der Waals surface area contributed by atoms with Crippen LogP contribution in [0.3, 0.4) is 0 Å². The minimum Gasteiger partial charge on any atom is -0.480 e. The van der Waals surface area contributed by atoms with E-state index < -0.39 is 12.0 Å². The Labute approximate surface area is 138 Å². The van der Waals surface area contributed by atoms with Crippen LogP contribution in [0.25, 0.3) is 0 Å². The zero-order chi connectivity index (χ0) is 18.0. The molecule has 0 spiro atoms. The molecule has 3 N–H and O–H groups in total. The largest absolute Gasteiger partial charge is 0.480 e. The Kier molecular flexibility index (Phi) is 10.2. The summed E-state index contributed by atoms with van der Waals surface area (Å²) in [6.07, 6.45) is 2.50. The molecule has 0 aromatic rings. The minimum absolute atomic E-state index is 0.0793. The molecular formula is C16H30N2O5. The van der Waals surface area contributed by atoms with E-state index in [1.54, 1.807) is 0 Å². The lowest BCUT2D eigenvalue weighted by atomic mass is 9.96. The summed E-state index contributed by atoms with van der Waals surface area (Å²) in [6, 6.07) is -0.196. The first-order valence-corrected chi connectivity index (χ1v) is 7.98. The molecule has 1 fully saturated rings. The van der Waals surface area contributed by atoms with Gasteiger partial charge in [0.15, 0.2) is 0 Å². The number of piperidine rings is 1. The van der Waals surface area contributed by atoms with Gasteiger partial charge in [-0.05, 0) is 32.1 Å². The number of rotatable bonds is 5. The molecule has 0 saturated carbocycles. The van der Waals surface area contributed by atoms with Gasteiger partial charge in [0.2, 0.25) is 5.91 Å². The van der Waals surface area contributed by atoms with E-state index in [2.05, 4.69) is 22.3 Å². The fraction of sp³-hybridized carbons (Fsp3) is 0.812. The third-order valence-corrected chi connectivity index (χ3v) is 3.58. The van der Waals surface area contributed by atoms with Crippen LogP contribution in [0, 0.1) is 11.8 Å². The topological polar surface area (TPSA) is 105 Å². The summed E-state index contributed by atoms with van der Waals surface area (Å²) in [5, 5.41) is 14.3. The summed E-state index contributed by atoms with van der Waals surface area (Å²) in [7, 11) is 1.44. The molecule has 1 rings (SSSR count). The van der Waals surface area contributed by atoms with E-state index >= 15 is 0 Å². The van der Waals surface area contributed by atoms with Gasteiger partial charge in [-0.3, -0.25) is 9.59 Å². The second-order valence-electron chi connectivity index (χ2n) is 6.33. The van der Waals surface area contributed by atoms with Crippen LogP contribution in [0.4, 0.5) is 0 Å². The van der Waals surface area contributed by atoms with E-state index in [0.29, 0.717) is 12.5 Å². The Balaban J connectivity index is 0.000000422. The zero-order valence-corrected chi connectivity index (χ0v) is 14.7. The van der Waals surface area contributed by atoms with E-state index in [9.17, 15) is 14.4 Å². The maximum absolute atomic E-state index is 11.0. The highest BCUT2D eigenvalue weighted by Gasteiger charge is 2.24. The smallest absolute Gasteiger partial charge is 0.326 e. The number of hydrogen-bond donors (Lipinski definition) is 3. The molecule has 0 aromatic heterocycles. The number of carboxylic acid groups (broad SMARTS) is 1. The van der Waals surface area contributed by atoms with Crippen LogP contribution in [0.1, 0.15) is 47.0 Å². The van der Waals surface area contributed by atoms with Crippen LogP contribution in [0.5, 0.6) is 0 Å². The molecule has 23 heavy (non-hydrogen) atoms. The van der Waals surface area contributed by atoms with E-state index in [1.807, 2.05) is 13.8 Å². The van der Waals surface area contributed by atoms with Crippen LogP contribution < -0.4 is 10.6 Å². The summed E-state index contributed by atoms with van der Waals surface area (Å²) >= 11 is 0. The highest BCUT2D eigenvalue weighted by molar-refractivity contribution is 5.82. The number of ether oxygens (including phenoxy) is 1. The molecule has 134 valence electrons. The number of esters is 1. The standard InChI is InChI=1S/C8H15NO3.C8H15NO2/c1-5(2)4-7(8(11)12)9-6(3)10;1-6-3-4-7(5-9-6)8(10)11-2/h5,7H,4H2,1-3H3,(H,9,10)(H,11,12);6-7,9H,3-5H2,1-2H3/t7-;6-,7+/m10/s1. The second kappa shape index (κ2) is 11.0. The molecule has 0 radical (unpaired) electrons. The fourth-order valence-electron chi connectivity index (χ4n) is 2.30. The average Bonchev–Trinajstić information content (AvgIpc) is 2.46. The van der Waals surface area contributed by atoms with Crippen LogP contribution in [-0.4, -0.2) is 48.7 Å². The van der Waals surface area contributed by atoms with Gasteiger partial charge in [-0.1, -0.05) is 13.8 Å². The Hall–Kier alpha value is -1.63. The molecule has 0 aromatic carbocycles. The molecule has 1 heterocycles. The quantitative estimate of drug-likeness (QED) is 0.654. The van der Waals surface area contributed by atoms with Gasteiger partial charge in [-0.15, -0.1) is 0 Å². The number of hydrogen-bond acceptors (Lipinski definition) is 5. The van der Waals surface area contributed by atoms with Crippen molar-refractivity contribution in [3.05, 3.63) is 0 Å². The maximum Gasteiger partial charge on any atom is 0.326 e. The van der Waals surface area contributed by atoms with Crippen molar-refractivity contribution >= 4 is 17.8 Å². The number of aliphatic carboxylic acids is 1. The molecular weight excluding hydrogens is 300 g/mol. The summed E-state index contributed by atoms with van der Waals surface area (Å²) < 4.78 is 4.65. The Morgan fingerprint density at radius 1 is 1.30 bits per heavy atom. The molecule has 0 bridgehead atoms. The molecule has 1 aliphatic rings. The fourth-order valence-corrected chi connectivity index (χ4v) is 2.30. The molecule has 1 amide bonds. The summed E-state index contributed by atoms with van der Waals surface area (Å²) in [5.41, 5.74) is 0. The van der Waals surface area contributed by atoms with Crippen LogP contribution in [0.2, 0.25) is 0 Å². The number of nitrogens with one attached hydrogen (secondary N) is 2. The third kappa shape index (κ3) is 9.89. The lowest BCUT2D eigenvalue weighted by Gasteiger charge is -2.25. The molecule has 7 heteroatoms. The first-order chi connectivity index (χ1) is 10.7. The Morgan fingerprint density at radius 2 is 1.91 bits per heavy atom. The SMILES string of the molecule is CC(=O)N[C@H](CC(C)C)C(=O)O.COC(=O)[C@@H]1CC[C@H](C)NC1. The zero-order valence-electron chi connectivity index (χ0n) is 14.7. The monoisotopic (exact) mass is 330 g/mol. The van der Waals surface area contributed by atoms with Crippen LogP contribution >= 0.6 is 0 Å². The van der Waals surface area contributed by atoms with Gasteiger partial charge in [-0.2, -0.15) is 0 Å². The molecule has 1 saturated heterocycles. The highest BCUT2D eigenvalue weighted by atomic mass is 16.5. The van der Waals surface area contributed by atoms with Gasteiger partial charge >= 0.3 is 11.9 Å². The third-order valence-electron chi connectivity index (χ3n) is 3.58. The molecule has 1 aliphatic heterocycles. The van der Waals surface area contributed by atoms with Gasteiger partial charge < -0.3 is 20.5 Å². The van der Waals surface area contributed by atoms with Crippen molar-refractivity contribution in [1.29, 1.82) is 0 Å². The van der Waals surface area contributed by atoms with E-state index in [-0.39, 0.29) is 23.7 Å². The number of methoxy groups -OCH3 is 1. The predicted molar refractivity (Wildman–Crippen MR) is 86.9 cm³/mol. The highest BCUT2D eigenvalue weighted by Crippen LogP contribution is 2.14. The summed E-state index contributed by atoms with van der Waals surface area (Å²) in [6.45, 7) is 8.05. The van der Waals surface area contributed by atoms with E-state index in [0.717, 1.165) is 19.4 Å². The first kappa shape index (κ1) is 21.4. The van der Waals surface area contributed by atoms with Crippen molar-refractivity contribution in [1.82, 2.24) is 10.6 Å². The molecule has 3 atom stereocenters. The van der Waals surface area contributed by atoms with Crippen LogP contribution in [0.15, 0.2) is 0 Å². The minimum atomic E-state index is -0.973. The van der Waals surface area contributed by atoms with Crippen molar-refractivity contribution in [2.75, 3.05) is 13.7 Å². The second-order valence-corrected chi connectivity index (χ2v) is 6.33. The van der Waals surface area contributed by atoms with Gasteiger partial charge in [0, 0.05) is 19.5 Å². The average molecular weight is 330 g/mol. The molecule has 0 unspecified atom stereocenters. The number of amides is 1. The number of carbonyl (C=O) groups excluding carboxylic acids is 2. The lowest BCUT2D eigenvalue weighted by molar-refractivity contribution is -0.146. The summed E-state index contributed by atoms with van der Waals surface area (Å²) in [5.74, 6) is -1.01. The number of carboxylic acids is 1. The normalized spacial score (nSPS) is 21.7. The summed E-state index contributed by atoms with van der Waals surface area (Å²) in [4.78, 5) is 32.1. The lowest BCUT2D eigenvalue weighted by Crippen LogP contribution is -2.40. The Bertz CT molecular complexity index is 390. The molecule has 7 nitrogen and oxygen atoms in total. The first-order valence-electron chi connectivity index (χ1n) is 7.98. The van der Waals surface area contributed by atoms with Crippen molar-refractivity contribution in [3.8, 4) is 0 Å². The van der Waals surface area contributed by atoms with Crippen molar-refractivity contribution in [3.63, 3.8) is 0 Å². The van der Waals surface area contributed by atoms with Gasteiger partial charge in [-0.25, -0.2) is 4.79 Å².